The zero-order chi connectivity index (χ0) is 10.8. The topological polar surface area (TPSA) is 33.0 Å². The van der Waals surface area contributed by atoms with E-state index in [4.69, 9.17) is 21.6 Å². The Hall–Kier alpha value is -1.27. The van der Waals surface area contributed by atoms with Crippen LogP contribution in [-0.2, 0) is 0 Å². The highest BCUT2D eigenvalue weighted by atomic mass is 35.5. The smallest absolute Gasteiger partial charge is 0.188 e. The first-order valence-electron chi connectivity index (χ1n) is 4.00. The minimum Gasteiger partial charge on any atom is -0.470 e. The van der Waals surface area contributed by atoms with Crippen LogP contribution in [0.3, 0.4) is 0 Å². The van der Waals surface area contributed by atoms with Gasteiger partial charge in [-0.2, -0.15) is 5.26 Å². The highest BCUT2D eigenvalue weighted by Gasteiger charge is 2.20. The van der Waals surface area contributed by atoms with Crippen LogP contribution in [0.5, 0.6) is 5.75 Å². The van der Waals surface area contributed by atoms with Crippen molar-refractivity contribution in [2.45, 2.75) is 19.4 Å². The Kier molecular flexibility index (Phi) is 2.97. The minimum atomic E-state index is -1.05. The van der Waals surface area contributed by atoms with Crippen LogP contribution in [-0.4, -0.2) is 5.60 Å². The summed E-state index contributed by atoms with van der Waals surface area (Å²) in [6, 6.07) is 5.96. The third-order valence-corrected chi connectivity index (χ3v) is 1.76. The first-order chi connectivity index (χ1) is 6.44. The van der Waals surface area contributed by atoms with Gasteiger partial charge in [0.15, 0.2) is 17.2 Å². The van der Waals surface area contributed by atoms with Gasteiger partial charge in [-0.15, -0.1) is 0 Å². The van der Waals surface area contributed by atoms with Crippen molar-refractivity contribution in [1.82, 2.24) is 0 Å². The second-order valence-electron chi connectivity index (χ2n) is 3.30. The van der Waals surface area contributed by atoms with Gasteiger partial charge >= 0.3 is 0 Å². The van der Waals surface area contributed by atoms with Gasteiger partial charge in [0.1, 0.15) is 6.07 Å². The first-order valence-corrected chi connectivity index (χ1v) is 4.38. The zero-order valence-electron chi connectivity index (χ0n) is 7.84. The van der Waals surface area contributed by atoms with Crippen LogP contribution in [0.4, 0.5) is 4.39 Å². The summed E-state index contributed by atoms with van der Waals surface area (Å²) in [6.07, 6.45) is 0. The average Bonchev–Trinajstić information content (AvgIpc) is 2.10. The highest BCUT2D eigenvalue weighted by molar-refractivity contribution is 6.30. The summed E-state index contributed by atoms with van der Waals surface area (Å²) in [5.74, 6) is -0.540. The molecule has 1 aromatic rings. The molecule has 0 saturated heterocycles. The molecule has 0 aliphatic rings. The maximum absolute atomic E-state index is 13.2. The number of hydrogen-bond donors (Lipinski definition) is 0. The molecule has 0 aliphatic heterocycles. The van der Waals surface area contributed by atoms with E-state index in [9.17, 15) is 4.39 Å². The quantitative estimate of drug-likeness (QED) is 0.756. The van der Waals surface area contributed by atoms with Gasteiger partial charge in [-0.1, -0.05) is 11.6 Å². The van der Waals surface area contributed by atoms with Gasteiger partial charge in [-0.25, -0.2) is 4.39 Å². The Morgan fingerprint density at radius 3 is 2.64 bits per heavy atom. The molecule has 0 aromatic heterocycles. The van der Waals surface area contributed by atoms with Crippen LogP contribution in [0.25, 0.3) is 0 Å². The molecular weight excluding hydrogens is 205 g/mol. The molecule has 74 valence electrons. The fraction of sp³-hybridized carbons (Fsp3) is 0.300. The number of nitrogens with zero attached hydrogens (tertiary/aromatic N) is 1. The molecule has 1 aromatic carbocycles. The molecule has 0 saturated carbocycles. The number of benzene rings is 1. The Bertz CT molecular complexity index is 384. The van der Waals surface area contributed by atoms with Crippen molar-refractivity contribution in [1.29, 1.82) is 5.26 Å². The molecule has 0 spiro atoms. The Labute approximate surface area is 86.9 Å². The molecular formula is C10H9ClFNO. The van der Waals surface area contributed by atoms with E-state index in [2.05, 4.69) is 0 Å². The lowest BCUT2D eigenvalue weighted by molar-refractivity contribution is 0.162. The van der Waals surface area contributed by atoms with E-state index in [1.807, 2.05) is 6.07 Å². The fourth-order valence-electron chi connectivity index (χ4n) is 0.856. The molecule has 0 unspecified atom stereocenters. The van der Waals surface area contributed by atoms with E-state index >= 15 is 0 Å². The summed E-state index contributed by atoms with van der Waals surface area (Å²) in [7, 11) is 0. The van der Waals surface area contributed by atoms with Gasteiger partial charge in [-0.3, -0.25) is 0 Å². The van der Waals surface area contributed by atoms with E-state index in [1.54, 1.807) is 13.8 Å². The van der Waals surface area contributed by atoms with Crippen molar-refractivity contribution in [3.05, 3.63) is 29.0 Å². The van der Waals surface area contributed by atoms with Crippen molar-refractivity contribution < 1.29 is 9.13 Å². The molecule has 0 radical (unpaired) electrons. The summed E-state index contributed by atoms with van der Waals surface area (Å²) in [4.78, 5) is 0. The van der Waals surface area contributed by atoms with E-state index in [-0.39, 0.29) is 5.75 Å². The maximum atomic E-state index is 13.2. The lowest BCUT2D eigenvalue weighted by atomic mass is 10.2. The average molecular weight is 214 g/mol. The van der Waals surface area contributed by atoms with Crippen LogP contribution in [0.15, 0.2) is 18.2 Å². The molecule has 0 fully saturated rings. The van der Waals surface area contributed by atoms with Crippen LogP contribution >= 0.6 is 11.6 Å². The molecule has 0 aliphatic carbocycles. The first kappa shape index (κ1) is 10.8. The van der Waals surface area contributed by atoms with E-state index in [0.29, 0.717) is 5.02 Å². The van der Waals surface area contributed by atoms with Gasteiger partial charge in [0.25, 0.3) is 0 Å². The molecule has 1 rings (SSSR count). The van der Waals surface area contributed by atoms with Crippen molar-refractivity contribution in [3.8, 4) is 11.8 Å². The SMILES string of the molecule is CC(C)(C#N)Oc1ccc(Cl)cc1F. The molecule has 0 heterocycles. The predicted octanol–water partition coefficient (Wildman–Crippen LogP) is 3.16. The summed E-state index contributed by atoms with van der Waals surface area (Å²) in [5.41, 5.74) is -1.05. The molecule has 0 N–H and O–H groups in total. The number of ether oxygens (including phenoxy) is 1. The Balaban J connectivity index is 2.94. The summed E-state index contributed by atoms with van der Waals surface area (Å²) >= 11 is 5.56. The third-order valence-electron chi connectivity index (χ3n) is 1.53. The van der Waals surface area contributed by atoms with Crippen LogP contribution in [0.1, 0.15) is 13.8 Å². The summed E-state index contributed by atoms with van der Waals surface area (Å²) < 4.78 is 18.3. The van der Waals surface area contributed by atoms with Gasteiger partial charge in [-0.05, 0) is 32.0 Å². The lowest BCUT2D eigenvalue weighted by Gasteiger charge is -2.18. The number of hydrogen-bond acceptors (Lipinski definition) is 2. The Morgan fingerprint density at radius 1 is 1.50 bits per heavy atom. The van der Waals surface area contributed by atoms with Crippen molar-refractivity contribution in [2.24, 2.45) is 0 Å². The number of halogens is 2. The molecule has 0 amide bonds. The van der Waals surface area contributed by atoms with Crippen LogP contribution in [0, 0.1) is 17.1 Å². The van der Waals surface area contributed by atoms with E-state index in [0.717, 1.165) is 6.07 Å². The van der Waals surface area contributed by atoms with Gasteiger partial charge in [0, 0.05) is 5.02 Å². The normalized spacial score (nSPS) is 10.8. The maximum Gasteiger partial charge on any atom is 0.188 e. The lowest BCUT2D eigenvalue weighted by Crippen LogP contribution is -2.25. The fourth-order valence-corrected chi connectivity index (χ4v) is 1.01. The second kappa shape index (κ2) is 3.85. The summed E-state index contributed by atoms with van der Waals surface area (Å²) in [6.45, 7) is 3.11. The Morgan fingerprint density at radius 2 is 2.14 bits per heavy atom. The highest BCUT2D eigenvalue weighted by Crippen LogP contribution is 2.24. The van der Waals surface area contributed by atoms with Crippen molar-refractivity contribution in [2.75, 3.05) is 0 Å². The van der Waals surface area contributed by atoms with Gasteiger partial charge in [0.05, 0.1) is 0 Å². The second-order valence-corrected chi connectivity index (χ2v) is 3.74. The number of nitriles is 1. The zero-order valence-corrected chi connectivity index (χ0v) is 8.60. The predicted molar refractivity (Wildman–Crippen MR) is 51.7 cm³/mol. The van der Waals surface area contributed by atoms with E-state index < -0.39 is 11.4 Å². The van der Waals surface area contributed by atoms with Crippen LogP contribution < -0.4 is 4.74 Å². The van der Waals surface area contributed by atoms with Crippen molar-refractivity contribution >= 4 is 11.6 Å². The minimum absolute atomic E-state index is 0.0287. The molecule has 0 bridgehead atoms. The third kappa shape index (κ3) is 2.61. The largest absolute Gasteiger partial charge is 0.470 e. The van der Waals surface area contributed by atoms with Gasteiger partial charge in [0.2, 0.25) is 0 Å². The van der Waals surface area contributed by atoms with Gasteiger partial charge < -0.3 is 4.74 Å². The van der Waals surface area contributed by atoms with Crippen LogP contribution in [0.2, 0.25) is 5.02 Å². The van der Waals surface area contributed by atoms with Crippen molar-refractivity contribution in [3.63, 3.8) is 0 Å². The molecule has 0 atom stereocenters. The molecule has 14 heavy (non-hydrogen) atoms. The number of rotatable bonds is 2. The van der Waals surface area contributed by atoms with E-state index in [1.165, 1.54) is 12.1 Å². The summed E-state index contributed by atoms with van der Waals surface area (Å²) in [5, 5.41) is 8.97. The monoisotopic (exact) mass is 213 g/mol. The molecule has 2 nitrogen and oxygen atoms in total. The molecule has 4 heteroatoms. The standard InChI is InChI=1S/C10H9ClFNO/c1-10(2,6-13)14-9-4-3-7(11)5-8(9)12/h3-5H,1-2H3.